The average molecular weight is 130 g/mol. The Balaban J connectivity index is 3.16. The molecule has 1 nitrogen and oxygen atoms in total. The molecule has 0 heterocycles. The molecule has 0 amide bonds. The predicted octanol–water partition coefficient (Wildman–Crippen LogP) is 2.19. The van der Waals surface area contributed by atoms with Gasteiger partial charge in [-0.15, -0.1) is 0 Å². The zero-order valence-electron chi connectivity index (χ0n) is 6.72. The molecule has 0 aliphatic carbocycles. The highest BCUT2D eigenvalue weighted by molar-refractivity contribution is 4.58. The van der Waals surface area contributed by atoms with Gasteiger partial charge in [-0.05, 0) is 12.3 Å². The first-order valence-electron chi connectivity index (χ1n) is 3.86. The minimum absolute atomic E-state index is 0.0788. The van der Waals surface area contributed by atoms with E-state index in [0.29, 0.717) is 5.92 Å². The molecule has 1 atom stereocenters. The molecule has 0 aliphatic heterocycles. The minimum Gasteiger partial charge on any atom is -0.393 e. The number of aliphatic hydroxyl groups is 1. The predicted molar refractivity (Wildman–Crippen MR) is 40.4 cm³/mol. The van der Waals surface area contributed by atoms with Crippen molar-refractivity contribution in [2.24, 2.45) is 5.92 Å². The molecule has 1 N–H and O–H groups in total. The zero-order chi connectivity index (χ0) is 7.28. The Kier molecular flexibility index (Phi) is 4.78. The van der Waals surface area contributed by atoms with E-state index >= 15 is 0 Å². The van der Waals surface area contributed by atoms with Crippen LogP contribution in [0.2, 0.25) is 0 Å². The maximum atomic E-state index is 9.26. The molecule has 9 heavy (non-hydrogen) atoms. The molecular formula is C8H18O. The molecule has 0 aromatic heterocycles. The number of hydrogen-bond donors (Lipinski definition) is 1. The standard InChI is InChI=1S/C8H18O/c1-4-5-6-8(9)7(2)3/h7-9H,4-6H2,1-3H3/t8-/m0/s1. The van der Waals surface area contributed by atoms with Crippen LogP contribution < -0.4 is 0 Å². The fraction of sp³-hybridized carbons (Fsp3) is 1.00. The van der Waals surface area contributed by atoms with Crippen LogP contribution in [-0.4, -0.2) is 11.2 Å². The fourth-order valence-electron chi connectivity index (χ4n) is 0.747. The van der Waals surface area contributed by atoms with E-state index in [1.54, 1.807) is 0 Å². The first kappa shape index (κ1) is 8.96. The van der Waals surface area contributed by atoms with Gasteiger partial charge in [0.05, 0.1) is 6.10 Å². The van der Waals surface area contributed by atoms with E-state index < -0.39 is 0 Å². The van der Waals surface area contributed by atoms with Crippen LogP contribution in [0.15, 0.2) is 0 Å². The highest BCUT2D eigenvalue weighted by atomic mass is 16.3. The summed E-state index contributed by atoms with van der Waals surface area (Å²) in [5, 5.41) is 9.26. The van der Waals surface area contributed by atoms with Gasteiger partial charge in [0.2, 0.25) is 0 Å². The molecule has 0 saturated heterocycles. The molecule has 1 heteroatoms. The van der Waals surface area contributed by atoms with Gasteiger partial charge < -0.3 is 5.11 Å². The maximum absolute atomic E-state index is 9.26. The normalized spacial score (nSPS) is 14.3. The molecule has 0 fully saturated rings. The molecule has 0 spiro atoms. The third-order valence-corrected chi connectivity index (χ3v) is 1.62. The molecule has 0 aromatic rings. The van der Waals surface area contributed by atoms with Gasteiger partial charge in [0, 0.05) is 0 Å². The lowest BCUT2D eigenvalue weighted by Gasteiger charge is -2.12. The van der Waals surface area contributed by atoms with Crippen LogP contribution in [0.4, 0.5) is 0 Å². The molecule has 0 bridgehead atoms. The third-order valence-electron chi connectivity index (χ3n) is 1.62. The van der Waals surface area contributed by atoms with Gasteiger partial charge in [-0.2, -0.15) is 0 Å². The summed E-state index contributed by atoms with van der Waals surface area (Å²) in [6, 6.07) is 0. The summed E-state index contributed by atoms with van der Waals surface area (Å²) in [6.07, 6.45) is 3.22. The number of aliphatic hydroxyl groups excluding tert-OH is 1. The smallest absolute Gasteiger partial charge is 0.0563 e. The zero-order valence-corrected chi connectivity index (χ0v) is 6.72. The van der Waals surface area contributed by atoms with Gasteiger partial charge in [-0.3, -0.25) is 0 Å². The summed E-state index contributed by atoms with van der Waals surface area (Å²) in [7, 11) is 0. The monoisotopic (exact) mass is 130 g/mol. The van der Waals surface area contributed by atoms with E-state index in [4.69, 9.17) is 0 Å². The fourth-order valence-corrected chi connectivity index (χ4v) is 0.747. The third kappa shape index (κ3) is 4.46. The van der Waals surface area contributed by atoms with E-state index in [2.05, 4.69) is 20.8 Å². The maximum Gasteiger partial charge on any atom is 0.0563 e. The van der Waals surface area contributed by atoms with Crippen LogP contribution in [0.1, 0.15) is 40.0 Å². The second-order valence-corrected chi connectivity index (χ2v) is 2.95. The summed E-state index contributed by atoms with van der Waals surface area (Å²) in [5.41, 5.74) is 0. The average Bonchev–Trinajstić information content (AvgIpc) is 1.82. The van der Waals surface area contributed by atoms with Crippen LogP contribution in [0, 0.1) is 5.92 Å². The van der Waals surface area contributed by atoms with Crippen molar-refractivity contribution in [2.45, 2.75) is 46.1 Å². The van der Waals surface area contributed by atoms with Gasteiger partial charge in [0.25, 0.3) is 0 Å². The van der Waals surface area contributed by atoms with Crippen molar-refractivity contribution in [1.29, 1.82) is 0 Å². The summed E-state index contributed by atoms with van der Waals surface area (Å²) >= 11 is 0. The summed E-state index contributed by atoms with van der Waals surface area (Å²) in [4.78, 5) is 0. The van der Waals surface area contributed by atoms with Crippen LogP contribution in [-0.2, 0) is 0 Å². The van der Waals surface area contributed by atoms with Crippen LogP contribution in [0.3, 0.4) is 0 Å². The van der Waals surface area contributed by atoms with Gasteiger partial charge in [-0.25, -0.2) is 0 Å². The van der Waals surface area contributed by atoms with Crippen molar-refractivity contribution in [1.82, 2.24) is 0 Å². The molecular weight excluding hydrogens is 112 g/mol. The Morgan fingerprint density at radius 3 is 2.22 bits per heavy atom. The SMILES string of the molecule is CCCC[C@H](O)C(C)C. The Labute approximate surface area is 58.1 Å². The molecule has 0 saturated carbocycles. The van der Waals surface area contributed by atoms with Gasteiger partial charge in [-0.1, -0.05) is 33.6 Å². The largest absolute Gasteiger partial charge is 0.393 e. The molecule has 0 radical (unpaired) electrons. The van der Waals surface area contributed by atoms with Crippen LogP contribution in [0.25, 0.3) is 0 Å². The Morgan fingerprint density at radius 1 is 1.33 bits per heavy atom. The molecule has 56 valence electrons. The second kappa shape index (κ2) is 4.80. The Bertz CT molecular complexity index is 59.6. The van der Waals surface area contributed by atoms with Crippen molar-refractivity contribution in [2.75, 3.05) is 0 Å². The first-order chi connectivity index (χ1) is 4.18. The van der Waals surface area contributed by atoms with E-state index in [1.807, 2.05) is 0 Å². The number of rotatable bonds is 4. The number of hydrogen-bond acceptors (Lipinski definition) is 1. The van der Waals surface area contributed by atoms with Gasteiger partial charge >= 0.3 is 0 Å². The van der Waals surface area contributed by atoms with Gasteiger partial charge in [0.15, 0.2) is 0 Å². The van der Waals surface area contributed by atoms with Crippen LogP contribution in [0.5, 0.6) is 0 Å². The molecule has 0 unspecified atom stereocenters. The number of unbranched alkanes of at least 4 members (excludes halogenated alkanes) is 1. The first-order valence-corrected chi connectivity index (χ1v) is 3.86. The Hall–Kier alpha value is -0.0400. The minimum atomic E-state index is -0.0788. The summed E-state index contributed by atoms with van der Waals surface area (Å²) in [6.45, 7) is 6.26. The summed E-state index contributed by atoms with van der Waals surface area (Å²) in [5.74, 6) is 0.427. The lowest BCUT2D eigenvalue weighted by atomic mass is 10.0. The summed E-state index contributed by atoms with van der Waals surface area (Å²) < 4.78 is 0. The van der Waals surface area contributed by atoms with Crippen molar-refractivity contribution in [3.8, 4) is 0 Å². The van der Waals surface area contributed by atoms with E-state index in [-0.39, 0.29) is 6.10 Å². The highest BCUT2D eigenvalue weighted by Gasteiger charge is 2.06. The van der Waals surface area contributed by atoms with E-state index in [0.717, 1.165) is 12.8 Å². The second-order valence-electron chi connectivity index (χ2n) is 2.95. The van der Waals surface area contributed by atoms with E-state index in [9.17, 15) is 5.11 Å². The lowest BCUT2D eigenvalue weighted by molar-refractivity contribution is 0.114. The van der Waals surface area contributed by atoms with Crippen molar-refractivity contribution >= 4 is 0 Å². The van der Waals surface area contributed by atoms with E-state index in [1.165, 1.54) is 6.42 Å². The molecule has 0 aromatic carbocycles. The van der Waals surface area contributed by atoms with Gasteiger partial charge in [0.1, 0.15) is 0 Å². The van der Waals surface area contributed by atoms with Crippen LogP contribution >= 0.6 is 0 Å². The quantitative estimate of drug-likeness (QED) is 0.618. The lowest BCUT2D eigenvalue weighted by Crippen LogP contribution is -2.13. The topological polar surface area (TPSA) is 20.2 Å². The molecule has 0 rings (SSSR count). The van der Waals surface area contributed by atoms with Crippen molar-refractivity contribution < 1.29 is 5.11 Å². The highest BCUT2D eigenvalue weighted by Crippen LogP contribution is 2.08. The van der Waals surface area contributed by atoms with Crippen molar-refractivity contribution in [3.05, 3.63) is 0 Å². The molecule has 0 aliphatic rings. The Morgan fingerprint density at radius 2 is 1.89 bits per heavy atom. The van der Waals surface area contributed by atoms with Crippen molar-refractivity contribution in [3.63, 3.8) is 0 Å².